The third-order valence-corrected chi connectivity index (χ3v) is 6.84. The van der Waals surface area contributed by atoms with E-state index in [1.807, 2.05) is 62.4 Å². The van der Waals surface area contributed by atoms with Gasteiger partial charge in [-0.25, -0.2) is 0 Å². The number of rotatable bonds is 8. The van der Waals surface area contributed by atoms with Crippen molar-refractivity contribution in [2.45, 2.75) is 39.2 Å². The van der Waals surface area contributed by atoms with Crippen LogP contribution in [0.2, 0.25) is 0 Å². The number of hydrogen-bond acceptors (Lipinski definition) is 5. The Morgan fingerprint density at radius 3 is 2.33 bits per heavy atom. The molecule has 1 saturated heterocycles. The molecular formula is C22H30N2O5S. The molecule has 1 aliphatic heterocycles. The molecule has 2 atom stereocenters. The lowest BCUT2D eigenvalue weighted by Crippen LogP contribution is -2.52. The predicted octanol–water partition coefficient (Wildman–Crippen LogP) is 3.06. The van der Waals surface area contributed by atoms with Crippen molar-refractivity contribution >= 4 is 10.2 Å². The molecule has 3 rings (SSSR count). The van der Waals surface area contributed by atoms with E-state index in [1.54, 1.807) is 14.2 Å². The number of ether oxygens (including phenoxy) is 3. The van der Waals surface area contributed by atoms with Gasteiger partial charge < -0.3 is 14.2 Å². The average Bonchev–Trinajstić information content (AvgIpc) is 2.72. The molecule has 0 unspecified atom stereocenters. The zero-order chi connectivity index (χ0) is 21.7. The summed E-state index contributed by atoms with van der Waals surface area (Å²) in [7, 11) is -0.423. The second-order valence-corrected chi connectivity index (χ2v) is 9.63. The van der Waals surface area contributed by atoms with E-state index in [2.05, 4.69) is 0 Å². The first-order chi connectivity index (χ1) is 14.3. The van der Waals surface area contributed by atoms with Crippen molar-refractivity contribution in [2.24, 2.45) is 0 Å². The minimum Gasteiger partial charge on any atom is -0.493 e. The fourth-order valence-corrected chi connectivity index (χ4v) is 5.02. The van der Waals surface area contributed by atoms with Crippen molar-refractivity contribution in [3.63, 3.8) is 0 Å². The molecule has 8 heteroatoms. The van der Waals surface area contributed by atoms with Crippen LogP contribution in [0.4, 0.5) is 0 Å². The lowest BCUT2D eigenvalue weighted by atomic mass is 10.2. The maximum atomic E-state index is 13.0. The third kappa shape index (κ3) is 5.51. The summed E-state index contributed by atoms with van der Waals surface area (Å²) in [5, 5.41) is 0. The Balaban J connectivity index is 1.68. The number of benzene rings is 2. The fraction of sp³-hybridized carbons (Fsp3) is 0.455. The van der Waals surface area contributed by atoms with Gasteiger partial charge in [0.2, 0.25) is 0 Å². The first-order valence-electron chi connectivity index (χ1n) is 10.00. The second-order valence-electron chi connectivity index (χ2n) is 7.60. The van der Waals surface area contributed by atoms with E-state index in [0.29, 0.717) is 31.2 Å². The molecule has 0 aromatic heterocycles. The molecule has 0 amide bonds. The summed E-state index contributed by atoms with van der Waals surface area (Å²) in [6.45, 7) is 5.14. The number of morpholine rings is 1. The van der Waals surface area contributed by atoms with Crippen LogP contribution in [0.1, 0.15) is 25.0 Å². The molecule has 1 aliphatic rings. The van der Waals surface area contributed by atoms with Gasteiger partial charge in [-0.15, -0.1) is 0 Å². The predicted molar refractivity (Wildman–Crippen MR) is 116 cm³/mol. The van der Waals surface area contributed by atoms with Gasteiger partial charge in [0.15, 0.2) is 11.5 Å². The second kappa shape index (κ2) is 9.78. The van der Waals surface area contributed by atoms with Gasteiger partial charge in [0.05, 0.1) is 19.3 Å². The summed E-state index contributed by atoms with van der Waals surface area (Å²) in [4.78, 5) is 0. The van der Waals surface area contributed by atoms with Gasteiger partial charge in [0.25, 0.3) is 10.2 Å². The molecule has 0 bridgehead atoms. The lowest BCUT2D eigenvalue weighted by molar-refractivity contribution is -0.0453. The third-order valence-electron chi connectivity index (χ3n) is 4.98. The van der Waals surface area contributed by atoms with Crippen LogP contribution in [0.5, 0.6) is 11.5 Å². The molecule has 7 nitrogen and oxygen atoms in total. The van der Waals surface area contributed by atoms with E-state index in [0.717, 1.165) is 11.1 Å². The van der Waals surface area contributed by atoms with E-state index >= 15 is 0 Å². The Hall–Kier alpha value is -2.13. The van der Waals surface area contributed by atoms with Crippen LogP contribution in [0.3, 0.4) is 0 Å². The van der Waals surface area contributed by atoms with Crippen molar-refractivity contribution < 1.29 is 22.6 Å². The van der Waals surface area contributed by atoms with Gasteiger partial charge in [-0.2, -0.15) is 17.0 Å². The molecule has 0 spiro atoms. The summed E-state index contributed by atoms with van der Waals surface area (Å²) >= 11 is 0. The van der Waals surface area contributed by atoms with Gasteiger partial charge in [-0.1, -0.05) is 36.4 Å². The van der Waals surface area contributed by atoms with Crippen molar-refractivity contribution in [2.75, 3.05) is 27.2 Å². The van der Waals surface area contributed by atoms with Crippen LogP contribution >= 0.6 is 0 Å². The largest absolute Gasteiger partial charge is 0.493 e. The smallest absolute Gasteiger partial charge is 0.282 e. The summed E-state index contributed by atoms with van der Waals surface area (Å²) in [5.74, 6) is 1.19. The molecule has 1 heterocycles. The first kappa shape index (κ1) is 22.6. The van der Waals surface area contributed by atoms with Gasteiger partial charge in [-0.05, 0) is 37.1 Å². The first-order valence-corrected chi connectivity index (χ1v) is 11.4. The average molecular weight is 435 g/mol. The van der Waals surface area contributed by atoms with E-state index in [-0.39, 0.29) is 18.8 Å². The Morgan fingerprint density at radius 1 is 1.03 bits per heavy atom. The summed E-state index contributed by atoms with van der Waals surface area (Å²) < 4.78 is 45.8. The maximum Gasteiger partial charge on any atom is 0.282 e. The Morgan fingerprint density at radius 2 is 1.70 bits per heavy atom. The molecule has 0 saturated carbocycles. The van der Waals surface area contributed by atoms with Crippen LogP contribution in [-0.4, -0.2) is 56.5 Å². The zero-order valence-electron chi connectivity index (χ0n) is 17.9. The SMILES string of the molecule is COc1cc(CN(C)S(=O)(=O)N2C[C@H](C)O[C@@H](C)C2)ccc1OCc1ccccc1. The number of hydrogen-bond donors (Lipinski definition) is 0. The van der Waals surface area contributed by atoms with E-state index in [9.17, 15) is 8.42 Å². The van der Waals surface area contributed by atoms with E-state index in [1.165, 1.54) is 8.61 Å². The molecule has 0 radical (unpaired) electrons. The highest BCUT2D eigenvalue weighted by Gasteiger charge is 2.33. The highest BCUT2D eigenvalue weighted by Crippen LogP contribution is 2.30. The highest BCUT2D eigenvalue weighted by molar-refractivity contribution is 7.86. The van der Waals surface area contributed by atoms with Gasteiger partial charge in [-0.3, -0.25) is 0 Å². The topological polar surface area (TPSA) is 68.3 Å². The van der Waals surface area contributed by atoms with Gasteiger partial charge in [0, 0.05) is 26.7 Å². The van der Waals surface area contributed by atoms with Crippen LogP contribution in [0, 0.1) is 0 Å². The summed E-state index contributed by atoms with van der Waals surface area (Å²) in [6.07, 6.45) is -0.254. The normalized spacial score (nSPS) is 20.3. The van der Waals surface area contributed by atoms with E-state index < -0.39 is 10.2 Å². The Kier molecular flexibility index (Phi) is 7.36. The molecule has 0 aliphatic carbocycles. The van der Waals surface area contributed by atoms with Crippen molar-refractivity contribution in [1.82, 2.24) is 8.61 Å². The molecular weight excluding hydrogens is 404 g/mol. The standard InChI is InChI=1S/C22H30N2O5S/c1-17-13-24(14-18(2)29-17)30(25,26)23(3)15-20-10-11-21(22(12-20)27-4)28-16-19-8-6-5-7-9-19/h5-12,17-18H,13-16H2,1-4H3/t17-,18-/m0/s1. The highest BCUT2D eigenvalue weighted by atomic mass is 32.2. The minimum atomic E-state index is -3.59. The summed E-state index contributed by atoms with van der Waals surface area (Å²) in [5.41, 5.74) is 1.88. The lowest BCUT2D eigenvalue weighted by Gasteiger charge is -2.36. The van der Waals surface area contributed by atoms with Crippen molar-refractivity contribution in [3.05, 3.63) is 59.7 Å². The Labute approximate surface area is 179 Å². The Bertz CT molecular complexity index is 926. The van der Waals surface area contributed by atoms with Crippen LogP contribution in [0.15, 0.2) is 48.5 Å². The van der Waals surface area contributed by atoms with E-state index in [4.69, 9.17) is 14.2 Å². The monoisotopic (exact) mass is 434 g/mol. The molecule has 2 aromatic carbocycles. The molecule has 30 heavy (non-hydrogen) atoms. The van der Waals surface area contributed by atoms with Crippen LogP contribution in [-0.2, 0) is 28.1 Å². The summed E-state index contributed by atoms with van der Waals surface area (Å²) in [6, 6.07) is 15.4. The minimum absolute atomic E-state index is 0.127. The molecule has 2 aromatic rings. The number of nitrogens with zero attached hydrogens (tertiary/aromatic N) is 2. The van der Waals surface area contributed by atoms with Gasteiger partial charge >= 0.3 is 0 Å². The molecule has 164 valence electrons. The maximum absolute atomic E-state index is 13.0. The van der Waals surface area contributed by atoms with Gasteiger partial charge in [0.1, 0.15) is 6.61 Å². The van der Waals surface area contributed by atoms with Crippen LogP contribution in [0.25, 0.3) is 0 Å². The van der Waals surface area contributed by atoms with Crippen molar-refractivity contribution in [1.29, 1.82) is 0 Å². The van der Waals surface area contributed by atoms with Crippen LogP contribution < -0.4 is 9.47 Å². The number of methoxy groups -OCH3 is 1. The molecule has 0 N–H and O–H groups in total. The molecule has 1 fully saturated rings. The zero-order valence-corrected chi connectivity index (χ0v) is 18.8. The quantitative estimate of drug-likeness (QED) is 0.639. The fourth-order valence-electron chi connectivity index (χ4n) is 3.52. The van der Waals surface area contributed by atoms with Crippen molar-refractivity contribution in [3.8, 4) is 11.5 Å².